The zero-order valence-electron chi connectivity index (χ0n) is 16.1. The monoisotopic (exact) mass is 372 g/mol. The van der Waals surface area contributed by atoms with E-state index < -0.39 is 0 Å². The van der Waals surface area contributed by atoms with Gasteiger partial charge in [-0.2, -0.15) is 0 Å². The lowest BCUT2D eigenvalue weighted by molar-refractivity contribution is -0.149. The van der Waals surface area contributed by atoms with Gasteiger partial charge < -0.3 is 15.0 Å². The molecule has 3 rings (SSSR count). The molecule has 8 nitrogen and oxygen atoms in total. The quantitative estimate of drug-likeness (QED) is 0.470. The fourth-order valence-corrected chi connectivity index (χ4v) is 3.34. The minimum absolute atomic E-state index is 0.00596. The smallest absolute Gasteiger partial charge is 0.309 e. The third-order valence-electron chi connectivity index (χ3n) is 4.73. The Balaban J connectivity index is 1.58. The van der Waals surface area contributed by atoms with Gasteiger partial charge in [0.05, 0.1) is 12.5 Å². The van der Waals surface area contributed by atoms with Crippen molar-refractivity contribution in [3.8, 4) is 0 Å². The molecule has 1 saturated heterocycles. The van der Waals surface area contributed by atoms with Gasteiger partial charge in [-0.1, -0.05) is 6.07 Å². The average molecular weight is 372 g/mol. The molecule has 2 aromatic heterocycles. The zero-order valence-corrected chi connectivity index (χ0v) is 16.1. The predicted molar refractivity (Wildman–Crippen MR) is 104 cm³/mol. The van der Waals surface area contributed by atoms with Gasteiger partial charge >= 0.3 is 5.97 Å². The zero-order chi connectivity index (χ0) is 19.1. The number of esters is 1. The number of pyridine rings is 1. The molecule has 1 aliphatic rings. The molecule has 2 aromatic rings. The second-order valence-electron chi connectivity index (χ2n) is 6.54. The first-order chi connectivity index (χ1) is 13.2. The molecule has 0 atom stereocenters. The lowest BCUT2D eigenvalue weighted by Gasteiger charge is -2.33. The number of hydrogen-bond acceptors (Lipinski definition) is 5. The van der Waals surface area contributed by atoms with E-state index in [2.05, 4.69) is 27.3 Å². The van der Waals surface area contributed by atoms with E-state index >= 15 is 0 Å². The fraction of sp³-hybridized carbons (Fsp3) is 0.579. The van der Waals surface area contributed by atoms with E-state index in [1.807, 2.05) is 35.7 Å². The highest BCUT2D eigenvalue weighted by atomic mass is 16.5. The van der Waals surface area contributed by atoms with Crippen LogP contribution in [0.5, 0.6) is 0 Å². The molecule has 8 heteroatoms. The van der Waals surface area contributed by atoms with E-state index in [-0.39, 0.29) is 11.9 Å². The number of nitrogens with zero attached hydrogens (tertiary/aromatic N) is 5. The van der Waals surface area contributed by atoms with Gasteiger partial charge in [-0.05, 0) is 38.8 Å². The topological polar surface area (TPSA) is 84.1 Å². The first-order valence-corrected chi connectivity index (χ1v) is 9.71. The number of piperidine rings is 1. The number of carbonyl (C=O) groups is 1. The second-order valence-corrected chi connectivity index (χ2v) is 6.54. The molecule has 1 N–H and O–H groups in total. The Morgan fingerprint density at radius 3 is 2.85 bits per heavy atom. The van der Waals surface area contributed by atoms with Crippen LogP contribution in [-0.2, 0) is 16.0 Å². The van der Waals surface area contributed by atoms with Crippen LogP contribution in [0.4, 0.5) is 0 Å². The third-order valence-corrected chi connectivity index (χ3v) is 4.73. The van der Waals surface area contributed by atoms with Crippen LogP contribution in [0.1, 0.15) is 32.5 Å². The van der Waals surface area contributed by atoms with Crippen molar-refractivity contribution in [2.45, 2.75) is 33.1 Å². The van der Waals surface area contributed by atoms with Gasteiger partial charge in [-0.25, -0.2) is 0 Å². The molecule has 1 aliphatic heterocycles. The molecule has 146 valence electrons. The summed E-state index contributed by atoms with van der Waals surface area (Å²) in [5.74, 6) is 1.74. The minimum atomic E-state index is -0.0715. The number of rotatable bonds is 6. The van der Waals surface area contributed by atoms with Gasteiger partial charge in [-0.3, -0.25) is 14.2 Å². The number of likely N-dealkylation sites (tertiary alicyclic amines) is 1. The molecule has 0 amide bonds. The average Bonchev–Trinajstić information content (AvgIpc) is 3.11. The lowest BCUT2D eigenvalue weighted by Crippen LogP contribution is -2.46. The Hall–Kier alpha value is -2.64. The van der Waals surface area contributed by atoms with Crippen LogP contribution in [0, 0.1) is 5.92 Å². The molecule has 0 unspecified atom stereocenters. The number of aliphatic imine (C=N–C) groups is 1. The maximum absolute atomic E-state index is 11.9. The van der Waals surface area contributed by atoms with Crippen LogP contribution in [0.2, 0.25) is 0 Å². The minimum Gasteiger partial charge on any atom is -0.466 e. The Morgan fingerprint density at radius 1 is 1.30 bits per heavy atom. The number of fused-ring (bicyclic) bond motifs is 1. The molecule has 0 aliphatic carbocycles. The van der Waals surface area contributed by atoms with E-state index in [1.54, 1.807) is 0 Å². The summed E-state index contributed by atoms with van der Waals surface area (Å²) in [6.45, 7) is 7.42. The molecular formula is C19H28N6O2. The van der Waals surface area contributed by atoms with E-state index in [0.29, 0.717) is 13.2 Å². The first kappa shape index (κ1) is 19.1. The summed E-state index contributed by atoms with van der Waals surface area (Å²) < 4.78 is 7.14. The number of aromatic nitrogens is 3. The largest absolute Gasteiger partial charge is 0.466 e. The number of ether oxygens (including phenoxy) is 1. The Morgan fingerprint density at radius 2 is 2.11 bits per heavy atom. The molecule has 0 aromatic carbocycles. The normalized spacial score (nSPS) is 15.9. The van der Waals surface area contributed by atoms with Crippen molar-refractivity contribution in [3.63, 3.8) is 0 Å². The van der Waals surface area contributed by atoms with Crippen LogP contribution in [-0.4, -0.2) is 64.2 Å². The van der Waals surface area contributed by atoms with E-state index in [0.717, 1.165) is 56.3 Å². The van der Waals surface area contributed by atoms with Gasteiger partial charge in [0, 0.05) is 38.8 Å². The van der Waals surface area contributed by atoms with Gasteiger partial charge in [0.2, 0.25) is 0 Å². The van der Waals surface area contributed by atoms with Crippen LogP contribution >= 0.6 is 0 Å². The van der Waals surface area contributed by atoms with Crippen LogP contribution in [0.3, 0.4) is 0 Å². The summed E-state index contributed by atoms with van der Waals surface area (Å²) in [5.41, 5.74) is 0.851. The number of guanidine groups is 1. The number of nitrogens with one attached hydrogen (secondary N) is 1. The number of carbonyl (C=O) groups excluding carboxylic acids is 1. The summed E-state index contributed by atoms with van der Waals surface area (Å²) >= 11 is 0. The van der Waals surface area contributed by atoms with E-state index in [9.17, 15) is 4.79 Å². The van der Waals surface area contributed by atoms with E-state index in [4.69, 9.17) is 9.73 Å². The summed E-state index contributed by atoms with van der Waals surface area (Å²) in [6, 6.07) is 5.87. The fourth-order valence-electron chi connectivity index (χ4n) is 3.34. The molecular weight excluding hydrogens is 344 g/mol. The van der Waals surface area contributed by atoms with Crippen molar-refractivity contribution in [2.75, 3.05) is 32.8 Å². The van der Waals surface area contributed by atoms with Crippen molar-refractivity contribution in [1.82, 2.24) is 24.8 Å². The highest BCUT2D eigenvalue weighted by Gasteiger charge is 2.27. The van der Waals surface area contributed by atoms with Crippen LogP contribution in [0.15, 0.2) is 29.4 Å². The summed E-state index contributed by atoms with van der Waals surface area (Å²) in [4.78, 5) is 18.9. The summed E-state index contributed by atoms with van der Waals surface area (Å²) in [5, 5.41) is 11.8. The maximum Gasteiger partial charge on any atom is 0.309 e. The van der Waals surface area contributed by atoms with Crippen molar-refractivity contribution in [1.29, 1.82) is 0 Å². The SMILES string of the molecule is CCNC(=NCCc1nnc2ccccn12)N1CCC(C(=O)OCC)CC1. The molecule has 3 heterocycles. The van der Waals surface area contributed by atoms with Gasteiger partial charge in [0.25, 0.3) is 0 Å². The van der Waals surface area contributed by atoms with Crippen molar-refractivity contribution < 1.29 is 9.53 Å². The third kappa shape index (κ3) is 4.75. The maximum atomic E-state index is 11.9. The Labute approximate surface area is 159 Å². The molecule has 0 saturated carbocycles. The second kappa shape index (κ2) is 9.34. The van der Waals surface area contributed by atoms with Crippen molar-refractivity contribution in [3.05, 3.63) is 30.2 Å². The van der Waals surface area contributed by atoms with Crippen molar-refractivity contribution >= 4 is 17.6 Å². The summed E-state index contributed by atoms with van der Waals surface area (Å²) in [6.07, 6.45) is 4.30. The molecule has 0 radical (unpaired) electrons. The number of hydrogen-bond donors (Lipinski definition) is 1. The van der Waals surface area contributed by atoms with Gasteiger partial charge in [0.1, 0.15) is 5.82 Å². The predicted octanol–water partition coefficient (Wildman–Crippen LogP) is 1.51. The van der Waals surface area contributed by atoms with Gasteiger partial charge in [-0.15, -0.1) is 10.2 Å². The molecule has 1 fully saturated rings. The first-order valence-electron chi connectivity index (χ1n) is 9.71. The highest BCUT2D eigenvalue weighted by Crippen LogP contribution is 2.18. The standard InChI is InChI=1S/C19H28N6O2/c1-3-20-19(24-13-9-15(10-14-24)18(26)27-4-2)21-11-8-17-23-22-16-7-5-6-12-25(16)17/h5-7,12,15H,3-4,8-11,13-14H2,1-2H3,(H,20,21). The lowest BCUT2D eigenvalue weighted by atomic mass is 9.97. The molecule has 27 heavy (non-hydrogen) atoms. The van der Waals surface area contributed by atoms with Crippen LogP contribution in [0.25, 0.3) is 5.65 Å². The van der Waals surface area contributed by atoms with E-state index in [1.165, 1.54) is 0 Å². The summed E-state index contributed by atoms with van der Waals surface area (Å²) in [7, 11) is 0. The van der Waals surface area contributed by atoms with Crippen molar-refractivity contribution in [2.24, 2.45) is 10.9 Å². The highest BCUT2D eigenvalue weighted by molar-refractivity contribution is 5.80. The Bertz CT molecular complexity index is 779. The Kier molecular flexibility index (Phi) is 6.62. The molecule has 0 spiro atoms. The molecule has 0 bridgehead atoms. The van der Waals surface area contributed by atoms with Crippen LogP contribution < -0.4 is 5.32 Å². The van der Waals surface area contributed by atoms with Gasteiger partial charge in [0.15, 0.2) is 11.6 Å².